The predicted octanol–water partition coefficient (Wildman–Crippen LogP) is 0.814. The largest absolute Gasteiger partial charge is 0.366 e. The summed E-state index contributed by atoms with van der Waals surface area (Å²) in [7, 11) is 0. The molecule has 1 amide bonds. The number of ether oxygens (including phenoxy) is 1. The van der Waals surface area contributed by atoms with Gasteiger partial charge in [0, 0.05) is 18.6 Å². The van der Waals surface area contributed by atoms with Crippen molar-refractivity contribution in [1.29, 1.82) is 0 Å². The summed E-state index contributed by atoms with van der Waals surface area (Å²) in [5.74, 6) is 0.0524. The van der Waals surface area contributed by atoms with Gasteiger partial charge in [-0.2, -0.15) is 0 Å². The molecule has 0 spiro atoms. The Kier molecular flexibility index (Phi) is 3.82. The number of morpholine rings is 1. The lowest BCUT2D eigenvalue weighted by atomic mass is 9.83. The molecule has 16 heavy (non-hydrogen) atoms. The van der Waals surface area contributed by atoms with Gasteiger partial charge in [0.05, 0.1) is 6.61 Å². The van der Waals surface area contributed by atoms with Crippen molar-refractivity contribution in [1.82, 2.24) is 10.6 Å². The Morgan fingerprint density at radius 3 is 2.75 bits per heavy atom. The van der Waals surface area contributed by atoms with Crippen molar-refractivity contribution in [3.63, 3.8) is 0 Å². The first-order valence-electron chi connectivity index (χ1n) is 6.34. The molecule has 0 radical (unpaired) electrons. The second-order valence-electron chi connectivity index (χ2n) is 5.17. The standard InChI is InChI=1S/C12H22N2O2/c1-12(5-3-2-4-6-12)14-11(15)10-9-13-7-8-16-10/h10,13H,2-9H2,1H3,(H,14,15). The van der Waals surface area contributed by atoms with Gasteiger partial charge in [0.25, 0.3) is 5.91 Å². The Hall–Kier alpha value is -0.610. The highest BCUT2D eigenvalue weighted by Crippen LogP contribution is 2.27. The van der Waals surface area contributed by atoms with Crippen LogP contribution in [0.15, 0.2) is 0 Å². The van der Waals surface area contributed by atoms with Gasteiger partial charge in [-0.1, -0.05) is 19.3 Å². The van der Waals surface area contributed by atoms with E-state index in [1.54, 1.807) is 0 Å². The van der Waals surface area contributed by atoms with Gasteiger partial charge < -0.3 is 15.4 Å². The summed E-state index contributed by atoms with van der Waals surface area (Å²) in [5, 5.41) is 6.34. The SMILES string of the molecule is CC1(NC(=O)C2CNCCO2)CCCCC1. The van der Waals surface area contributed by atoms with Gasteiger partial charge in [-0.05, 0) is 19.8 Å². The average Bonchev–Trinajstić information content (AvgIpc) is 2.30. The highest BCUT2D eigenvalue weighted by molar-refractivity contribution is 5.81. The molecule has 0 bridgehead atoms. The number of carbonyl (C=O) groups is 1. The third-order valence-electron chi connectivity index (χ3n) is 3.60. The van der Waals surface area contributed by atoms with Crippen LogP contribution in [0, 0.1) is 0 Å². The first-order valence-corrected chi connectivity index (χ1v) is 6.34. The zero-order chi connectivity index (χ0) is 11.4. The molecule has 4 nitrogen and oxygen atoms in total. The van der Waals surface area contributed by atoms with Gasteiger partial charge in [-0.25, -0.2) is 0 Å². The van der Waals surface area contributed by atoms with Gasteiger partial charge in [-0.15, -0.1) is 0 Å². The maximum Gasteiger partial charge on any atom is 0.250 e. The maximum atomic E-state index is 12.0. The monoisotopic (exact) mass is 226 g/mol. The Labute approximate surface area is 97.1 Å². The lowest BCUT2D eigenvalue weighted by molar-refractivity contribution is -0.136. The molecule has 1 saturated heterocycles. The van der Waals surface area contributed by atoms with Crippen LogP contribution in [0.4, 0.5) is 0 Å². The van der Waals surface area contributed by atoms with Crippen molar-refractivity contribution < 1.29 is 9.53 Å². The average molecular weight is 226 g/mol. The molecular weight excluding hydrogens is 204 g/mol. The van der Waals surface area contributed by atoms with Gasteiger partial charge in [0.1, 0.15) is 6.10 Å². The summed E-state index contributed by atoms with van der Waals surface area (Å²) in [4.78, 5) is 12.0. The molecule has 1 atom stereocenters. The fraction of sp³-hybridized carbons (Fsp3) is 0.917. The fourth-order valence-electron chi connectivity index (χ4n) is 2.57. The van der Waals surface area contributed by atoms with Crippen LogP contribution >= 0.6 is 0 Å². The first-order chi connectivity index (χ1) is 7.70. The summed E-state index contributed by atoms with van der Waals surface area (Å²) in [5.41, 5.74) is -0.00383. The fourth-order valence-corrected chi connectivity index (χ4v) is 2.57. The summed E-state index contributed by atoms with van der Waals surface area (Å²) >= 11 is 0. The van der Waals surface area contributed by atoms with Crippen molar-refractivity contribution >= 4 is 5.91 Å². The smallest absolute Gasteiger partial charge is 0.250 e. The Morgan fingerprint density at radius 1 is 1.38 bits per heavy atom. The normalized spacial score (nSPS) is 29.7. The predicted molar refractivity (Wildman–Crippen MR) is 62.2 cm³/mol. The molecule has 2 rings (SSSR count). The molecule has 1 unspecified atom stereocenters. The second-order valence-corrected chi connectivity index (χ2v) is 5.17. The molecule has 1 aliphatic heterocycles. The van der Waals surface area contributed by atoms with Crippen molar-refractivity contribution in [2.24, 2.45) is 0 Å². The van der Waals surface area contributed by atoms with Gasteiger partial charge in [0.15, 0.2) is 0 Å². The maximum absolute atomic E-state index is 12.0. The zero-order valence-electron chi connectivity index (χ0n) is 10.1. The van der Waals surface area contributed by atoms with E-state index < -0.39 is 0 Å². The third kappa shape index (κ3) is 2.95. The lowest BCUT2D eigenvalue weighted by Crippen LogP contribution is -2.55. The van der Waals surface area contributed by atoms with Crippen LogP contribution in [0.1, 0.15) is 39.0 Å². The number of amides is 1. The molecule has 1 aliphatic carbocycles. The molecule has 1 saturated carbocycles. The molecule has 2 aliphatic rings. The Bertz CT molecular complexity index is 243. The number of nitrogens with one attached hydrogen (secondary N) is 2. The molecule has 0 aromatic heterocycles. The van der Waals surface area contributed by atoms with E-state index in [4.69, 9.17) is 4.74 Å². The number of hydrogen-bond acceptors (Lipinski definition) is 3. The molecule has 4 heteroatoms. The highest BCUT2D eigenvalue weighted by atomic mass is 16.5. The van der Waals surface area contributed by atoms with Crippen molar-refractivity contribution in [2.75, 3.05) is 19.7 Å². The minimum absolute atomic E-state index is 0.00383. The number of hydrogen-bond donors (Lipinski definition) is 2. The van der Waals surface area contributed by atoms with Gasteiger partial charge in [0.2, 0.25) is 0 Å². The topological polar surface area (TPSA) is 50.4 Å². The highest BCUT2D eigenvalue weighted by Gasteiger charge is 2.31. The molecule has 0 aromatic carbocycles. The second kappa shape index (κ2) is 5.15. The van der Waals surface area contributed by atoms with Gasteiger partial charge in [-0.3, -0.25) is 4.79 Å². The minimum atomic E-state index is -0.299. The summed E-state index contributed by atoms with van der Waals surface area (Å²) in [6.45, 7) is 4.28. The van der Waals surface area contributed by atoms with Crippen molar-refractivity contribution in [2.45, 2.75) is 50.7 Å². The summed E-state index contributed by atoms with van der Waals surface area (Å²) in [6, 6.07) is 0. The summed E-state index contributed by atoms with van der Waals surface area (Å²) < 4.78 is 5.45. The minimum Gasteiger partial charge on any atom is -0.366 e. The van der Waals surface area contributed by atoms with E-state index in [1.165, 1.54) is 19.3 Å². The first kappa shape index (κ1) is 11.9. The van der Waals surface area contributed by atoms with E-state index in [2.05, 4.69) is 17.6 Å². The van der Waals surface area contributed by atoms with E-state index >= 15 is 0 Å². The Balaban J connectivity index is 1.85. The van der Waals surface area contributed by atoms with Crippen molar-refractivity contribution in [3.8, 4) is 0 Å². The molecular formula is C12H22N2O2. The Morgan fingerprint density at radius 2 is 2.12 bits per heavy atom. The van der Waals surface area contributed by atoms with Crippen LogP contribution in [0.3, 0.4) is 0 Å². The third-order valence-corrected chi connectivity index (χ3v) is 3.60. The lowest BCUT2D eigenvalue weighted by Gasteiger charge is -2.36. The van der Waals surface area contributed by atoms with E-state index in [-0.39, 0.29) is 17.6 Å². The van der Waals surface area contributed by atoms with Crippen LogP contribution in [-0.4, -0.2) is 37.2 Å². The molecule has 92 valence electrons. The van der Waals surface area contributed by atoms with E-state index in [0.717, 1.165) is 19.4 Å². The zero-order valence-corrected chi connectivity index (χ0v) is 10.1. The van der Waals surface area contributed by atoms with Crippen LogP contribution < -0.4 is 10.6 Å². The van der Waals surface area contributed by atoms with Crippen LogP contribution in [0.25, 0.3) is 0 Å². The van der Waals surface area contributed by atoms with Crippen LogP contribution in [0.2, 0.25) is 0 Å². The molecule has 1 heterocycles. The molecule has 0 aromatic rings. The van der Waals surface area contributed by atoms with E-state index in [9.17, 15) is 4.79 Å². The van der Waals surface area contributed by atoms with E-state index in [0.29, 0.717) is 13.2 Å². The number of rotatable bonds is 2. The van der Waals surface area contributed by atoms with Crippen LogP contribution in [0.5, 0.6) is 0 Å². The number of carbonyl (C=O) groups excluding carboxylic acids is 1. The summed E-state index contributed by atoms with van der Waals surface area (Å²) in [6.07, 6.45) is 5.64. The van der Waals surface area contributed by atoms with Gasteiger partial charge >= 0.3 is 0 Å². The quantitative estimate of drug-likeness (QED) is 0.732. The molecule has 2 fully saturated rings. The van der Waals surface area contributed by atoms with Crippen LogP contribution in [-0.2, 0) is 9.53 Å². The molecule has 2 N–H and O–H groups in total. The van der Waals surface area contributed by atoms with Crippen molar-refractivity contribution in [3.05, 3.63) is 0 Å². The van der Waals surface area contributed by atoms with E-state index in [1.807, 2.05) is 0 Å².